The number of piperidine rings is 2. The van der Waals surface area contributed by atoms with Gasteiger partial charge in [-0.15, -0.1) is 0 Å². The maximum Gasteiger partial charge on any atom is 0.410 e. The molecule has 11 nitrogen and oxygen atoms in total. The fraction of sp³-hybridized carbons (Fsp3) is 0.655. The Balaban J connectivity index is 1.03. The molecule has 3 fully saturated rings. The number of ether oxygens (including phenoxy) is 2. The average Bonchev–Trinajstić information content (AvgIpc) is 3.23. The molecule has 40 heavy (non-hydrogen) atoms. The largest absolute Gasteiger partial charge is 0.490 e. The van der Waals surface area contributed by atoms with Gasteiger partial charge in [-0.05, 0) is 63.8 Å². The van der Waals surface area contributed by atoms with Crippen LogP contribution in [0, 0.1) is 0 Å². The van der Waals surface area contributed by atoms with Gasteiger partial charge in [0, 0.05) is 70.9 Å². The summed E-state index contributed by atoms with van der Waals surface area (Å²) in [4.78, 5) is 57.2. The molecule has 0 aromatic heterocycles. The molecule has 4 amide bonds. The number of imide groups is 1. The number of nitrogens with zero attached hydrogens (tertiary/aromatic N) is 4. The SMILES string of the molecule is CC(C)(C)OC(=O)N1CCN(CCN2CCC(Oc3ccc4c(c3)CN(C3CCC(=O)NC3=O)C4=O)CC2)CC1. The molecule has 0 spiro atoms. The Morgan fingerprint density at radius 1 is 0.950 bits per heavy atom. The molecule has 1 atom stereocenters. The lowest BCUT2D eigenvalue weighted by molar-refractivity contribution is -0.136. The van der Waals surface area contributed by atoms with Crippen LogP contribution in [-0.2, 0) is 20.9 Å². The summed E-state index contributed by atoms with van der Waals surface area (Å²) >= 11 is 0. The van der Waals surface area contributed by atoms with Gasteiger partial charge in [-0.2, -0.15) is 0 Å². The monoisotopic (exact) mass is 555 g/mol. The van der Waals surface area contributed by atoms with Crippen LogP contribution < -0.4 is 10.1 Å². The molecule has 1 aromatic carbocycles. The van der Waals surface area contributed by atoms with Crippen molar-refractivity contribution in [3.8, 4) is 5.75 Å². The molecular weight excluding hydrogens is 514 g/mol. The van der Waals surface area contributed by atoms with Crippen LogP contribution in [0.15, 0.2) is 18.2 Å². The molecule has 0 radical (unpaired) electrons. The number of piperazine rings is 1. The third-order valence-electron chi connectivity index (χ3n) is 8.09. The highest BCUT2D eigenvalue weighted by molar-refractivity contribution is 6.05. The van der Waals surface area contributed by atoms with Gasteiger partial charge in [0.15, 0.2) is 0 Å². The Labute approximate surface area is 235 Å². The van der Waals surface area contributed by atoms with Crippen LogP contribution in [0.3, 0.4) is 0 Å². The lowest BCUT2D eigenvalue weighted by Crippen LogP contribution is -2.52. The molecule has 218 valence electrons. The van der Waals surface area contributed by atoms with E-state index >= 15 is 0 Å². The Kier molecular flexibility index (Phi) is 8.32. The fourth-order valence-electron chi connectivity index (χ4n) is 5.83. The lowest BCUT2D eigenvalue weighted by Gasteiger charge is -2.37. The number of likely N-dealkylation sites (tertiary alicyclic amines) is 1. The Morgan fingerprint density at radius 2 is 1.62 bits per heavy atom. The first-order valence-electron chi connectivity index (χ1n) is 14.4. The molecule has 3 saturated heterocycles. The van der Waals surface area contributed by atoms with E-state index in [0.717, 1.165) is 63.4 Å². The minimum absolute atomic E-state index is 0.120. The van der Waals surface area contributed by atoms with Crippen LogP contribution in [0.2, 0.25) is 0 Å². The van der Waals surface area contributed by atoms with E-state index in [0.29, 0.717) is 31.6 Å². The van der Waals surface area contributed by atoms with E-state index in [4.69, 9.17) is 9.47 Å². The maximum atomic E-state index is 12.9. The number of amides is 4. The first kappa shape index (κ1) is 28.4. The predicted octanol–water partition coefficient (Wildman–Crippen LogP) is 1.84. The van der Waals surface area contributed by atoms with Crippen molar-refractivity contribution in [3.63, 3.8) is 0 Å². The van der Waals surface area contributed by atoms with Gasteiger partial charge in [-0.25, -0.2) is 4.79 Å². The fourth-order valence-corrected chi connectivity index (χ4v) is 5.83. The van der Waals surface area contributed by atoms with Crippen molar-refractivity contribution >= 4 is 23.8 Å². The van der Waals surface area contributed by atoms with Gasteiger partial charge in [-0.1, -0.05) is 0 Å². The van der Waals surface area contributed by atoms with Crippen LogP contribution in [-0.4, -0.2) is 114 Å². The summed E-state index contributed by atoms with van der Waals surface area (Å²) in [5.41, 5.74) is 0.984. The van der Waals surface area contributed by atoms with E-state index in [-0.39, 0.29) is 30.4 Å². The molecule has 0 aliphatic carbocycles. The first-order chi connectivity index (χ1) is 19.1. The number of nitrogens with one attached hydrogen (secondary N) is 1. The summed E-state index contributed by atoms with van der Waals surface area (Å²) in [5.74, 6) is -0.109. The molecule has 4 aliphatic heterocycles. The topological polar surface area (TPSA) is 112 Å². The van der Waals surface area contributed by atoms with Gasteiger partial charge in [0.05, 0.1) is 0 Å². The van der Waals surface area contributed by atoms with E-state index in [1.807, 2.05) is 32.9 Å². The summed E-state index contributed by atoms with van der Waals surface area (Å²) in [6.45, 7) is 13.1. The molecular formula is C29H41N5O6. The van der Waals surface area contributed by atoms with E-state index in [1.165, 1.54) is 0 Å². The molecule has 1 aromatic rings. The summed E-state index contributed by atoms with van der Waals surface area (Å²) in [6.07, 6.45) is 2.37. The molecule has 4 heterocycles. The highest BCUT2D eigenvalue weighted by Gasteiger charge is 2.39. The van der Waals surface area contributed by atoms with Crippen molar-refractivity contribution in [2.75, 3.05) is 52.4 Å². The number of rotatable bonds is 6. The lowest BCUT2D eigenvalue weighted by atomic mass is 10.0. The highest BCUT2D eigenvalue weighted by Crippen LogP contribution is 2.31. The summed E-state index contributed by atoms with van der Waals surface area (Å²) in [6, 6.07) is 4.94. The highest BCUT2D eigenvalue weighted by atomic mass is 16.6. The molecule has 1 unspecified atom stereocenters. The van der Waals surface area contributed by atoms with Crippen LogP contribution in [0.1, 0.15) is 62.4 Å². The Bertz CT molecular complexity index is 1130. The number of benzene rings is 1. The number of carbonyl (C=O) groups is 4. The number of hydrogen-bond donors (Lipinski definition) is 1. The van der Waals surface area contributed by atoms with E-state index in [9.17, 15) is 19.2 Å². The zero-order valence-corrected chi connectivity index (χ0v) is 23.8. The number of carbonyl (C=O) groups excluding carboxylic acids is 4. The second-order valence-corrected chi connectivity index (χ2v) is 12.2. The van der Waals surface area contributed by atoms with Crippen LogP contribution in [0.4, 0.5) is 4.79 Å². The molecule has 0 bridgehead atoms. The number of hydrogen-bond acceptors (Lipinski definition) is 8. The van der Waals surface area contributed by atoms with Crippen LogP contribution in [0.25, 0.3) is 0 Å². The van der Waals surface area contributed by atoms with Crippen molar-refractivity contribution in [2.24, 2.45) is 0 Å². The molecule has 5 rings (SSSR count). The standard InChI is InChI=1S/C29H41N5O6/c1-29(2,3)40-28(38)33-16-14-32(15-17-33)13-12-31-10-8-21(9-11-31)39-22-4-5-23-20(18-22)19-34(27(23)37)24-6-7-25(35)30-26(24)36/h4-5,18,21,24H,6-17,19H2,1-3H3,(H,30,35,36). The molecule has 0 saturated carbocycles. The third kappa shape index (κ3) is 6.75. The van der Waals surface area contributed by atoms with E-state index < -0.39 is 17.6 Å². The second kappa shape index (κ2) is 11.7. The van der Waals surface area contributed by atoms with Gasteiger partial charge in [0.1, 0.15) is 23.5 Å². The number of fused-ring (bicyclic) bond motifs is 1. The summed E-state index contributed by atoms with van der Waals surface area (Å²) in [7, 11) is 0. The van der Waals surface area contributed by atoms with Crippen molar-refractivity contribution in [2.45, 2.75) is 70.7 Å². The summed E-state index contributed by atoms with van der Waals surface area (Å²) < 4.78 is 11.8. The average molecular weight is 556 g/mol. The molecule has 11 heteroatoms. The second-order valence-electron chi connectivity index (χ2n) is 12.2. The third-order valence-corrected chi connectivity index (χ3v) is 8.09. The van der Waals surface area contributed by atoms with Gasteiger partial charge in [0.25, 0.3) is 5.91 Å². The van der Waals surface area contributed by atoms with Crippen molar-refractivity contribution in [1.82, 2.24) is 24.9 Å². The Hall–Kier alpha value is -3.18. The summed E-state index contributed by atoms with van der Waals surface area (Å²) in [5, 5.41) is 2.34. The van der Waals surface area contributed by atoms with Crippen LogP contribution >= 0.6 is 0 Å². The van der Waals surface area contributed by atoms with Gasteiger partial charge in [0.2, 0.25) is 11.8 Å². The normalized spacial score (nSPS) is 23.3. The van der Waals surface area contributed by atoms with Gasteiger partial charge >= 0.3 is 6.09 Å². The van der Waals surface area contributed by atoms with E-state index in [2.05, 4.69) is 15.1 Å². The van der Waals surface area contributed by atoms with E-state index in [1.54, 1.807) is 15.9 Å². The van der Waals surface area contributed by atoms with Gasteiger partial charge < -0.3 is 24.2 Å². The zero-order chi connectivity index (χ0) is 28.4. The van der Waals surface area contributed by atoms with Crippen molar-refractivity contribution < 1.29 is 28.7 Å². The molecule has 1 N–H and O–H groups in total. The van der Waals surface area contributed by atoms with Crippen molar-refractivity contribution in [1.29, 1.82) is 0 Å². The maximum absolute atomic E-state index is 12.9. The van der Waals surface area contributed by atoms with Crippen molar-refractivity contribution in [3.05, 3.63) is 29.3 Å². The predicted molar refractivity (Wildman–Crippen MR) is 147 cm³/mol. The quantitative estimate of drug-likeness (QED) is 0.530. The van der Waals surface area contributed by atoms with Crippen LogP contribution in [0.5, 0.6) is 5.75 Å². The smallest absolute Gasteiger partial charge is 0.410 e. The first-order valence-corrected chi connectivity index (χ1v) is 14.4. The minimum atomic E-state index is -0.611. The molecule has 4 aliphatic rings. The Morgan fingerprint density at radius 3 is 2.27 bits per heavy atom. The minimum Gasteiger partial charge on any atom is -0.490 e. The zero-order valence-electron chi connectivity index (χ0n) is 23.8. The van der Waals surface area contributed by atoms with Gasteiger partial charge in [-0.3, -0.25) is 24.6 Å².